The van der Waals surface area contributed by atoms with Crippen LogP contribution < -0.4 is 9.89 Å². The van der Waals surface area contributed by atoms with Gasteiger partial charge in [-0.15, -0.1) is 0 Å². The Morgan fingerprint density at radius 1 is 1.27 bits per heavy atom. The normalized spacial score (nSPS) is 40.5. The summed E-state index contributed by atoms with van der Waals surface area (Å²) in [5.74, 6) is 0.966. The van der Waals surface area contributed by atoms with Gasteiger partial charge in [-0.05, 0) is 12.3 Å². The maximum absolute atomic E-state index is 12.4. The Labute approximate surface area is 154 Å². The Balaban J connectivity index is 1.46. The van der Waals surface area contributed by atoms with Gasteiger partial charge in [0.25, 0.3) is 0 Å². The number of rotatable bonds is 1. The predicted molar refractivity (Wildman–Crippen MR) is 97.7 cm³/mol. The Bertz CT molecular complexity index is 761. The van der Waals surface area contributed by atoms with Crippen LogP contribution in [0.1, 0.15) is 37.2 Å². The highest BCUT2D eigenvalue weighted by atomic mass is 16.5. The Hall–Kier alpha value is -1.72. The van der Waals surface area contributed by atoms with Crippen LogP contribution in [0.15, 0.2) is 24.3 Å². The van der Waals surface area contributed by atoms with Gasteiger partial charge in [-0.25, -0.2) is 4.99 Å². The Kier molecular flexibility index (Phi) is 3.90. The molecule has 5 rings (SSSR count). The minimum atomic E-state index is -0.302. The molecule has 7 atom stereocenters. The van der Waals surface area contributed by atoms with Gasteiger partial charge in [-0.3, -0.25) is 4.79 Å². The van der Waals surface area contributed by atoms with E-state index in [4.69, 9.17) is 9.84 Å². The van der Waals surface area contributed by atoms with Crippen molar-refractivity contribution in [1.29, 1.82) is 0 Å². The van der Waals surface area contributed by atoms with E-state index in [-0.39, 0.29) is 18.0 Å². The molecule has 26 heavy (non-hydrogen) atoms. The van der Waals surface area contributed by atoms with Crippen molar-refractivity contribution in [2.24, 2.45) is 17.8 Å². The molecular formula is C21H29N2O3+3. The highest BCUT2D eigenvalue weighted by molar-refractivity contribution is 5.94. The third-order valence-electron chi connectivity index (χ3n) is 7.47. The number of methoxy groups -OCH3 is 1. The van der Waals surface area contributed by atoms with Gasteiger partial charge in [0.2, 0.25) is 11.4 Å². The molecule has 3 fully saturated rings. The van der Waals surface area contributed by atoms with Crippen LogP contribution in [-0.4, -0.2) is 49.1 Å². The first kappa shape index (κ1) is 16.5. The van der Waals surface area contributed by atoms with E-state index in [9.17, 15) is 4.79 Å². The second kappa shape index (κ2) is 6.17. The molecule has 5 heteroatoms. The number of hydrogen-bond donors (Lipinski definition) is 2. The zero-order chi connectivity index (χ0) is 17.8. The maximum Gasteiger partial charge on any atom is 0.317 e. The van der Waals surface area contributed by atoms with Crippen molar-refractivity contribution < 1.29 is 24.5 Å². The monoisotopic (exact) mass is 357 g/mol. The van der Waals surface area contributed by atoms with Crippen molar-refractivity contribution in [3.8, 4) is 0 Å². The first-order valence-corrected chi connectivity index (χ1v) is 10.0. The number of fused-ring (bicyclic) bond motifs is 6. The van der Waals surface area contributed by atoms with Crippen molar-refractivity contribution in [3.05, 3.63) is 29.8 Å². The SMILES string of the molecule is COC(=O)[C@@H]1[C@H]2C[C@H]3C4=[NH+]c5ccccc5C4CC[NH+]3C[C@@H]2CC[C@@H]1[OH2+]. The van der Waals surface area contributed by atoms with Crippen molar-refractivity contribution in [3.63, 3.8) is 0 Å². The van der Waals surface area contributed by atoms with Gasteiger partial charge >= 0.3 is 5.97 Å². The molecule has 1 aromatic carbocycles. The highest BCUT2D eigenvalue weighted by Gasteiger charge is 2.57. The molecule has 5 nitrogen and oxygen atoms in total. The van der Waals surface area contributed by atoms with E-state index in [1.807, 2.05) is 0 Å². The minimum absolute atomic E-state index is 0.164. The van der Waals surface area contributed by atoms with E-state index < -0.39 is 0 Å². The van der Waals surface area contributed by atoms with Crippen LogP contribution in [0.5, 0.6) is 0 Å². The van der Waals surface area contributed by atoms with Crippen LogP contribution in [0, 0.1) is 17.8 Å². The number of carbonyl (C=O) groups is 1. The molecule has 0 radical (unpaired) electrons. The number of esters is 1. The molecule has 3 aliphatic heterocycles. The second-order valence-corrected chi connectivity index (χ2v) is 8.57. The summed E-state index contributed by atoms with van der Waals surface area (Å²) in [7, 11) is 1.47. The standard InChI is InChI=1S/C21H26N2O3/c1-26-21(25)19-15-10-17-20-14(13-4-2-3-5-16(13)22-20)8-9-23(17)11-12(15)6-7-18(19)24/h2-5,12,14-15,17-19,24H,6-11H2,1H3/p+3/t12-,14?,15-,17-,18-,19+/m0/s1. The van der Waals surface area contributed by atoms with E-state index in [2.05, 4.69) is 29.3 Å². The van der Waals surface area contributed by atoms with Gasteiger partial charge in [0.15, 0.2) is 12.1 Å². The number of piperidine rings is 2. The van der Waals surface area contributed by atoms with Crippen LogP contribution >= 0.6 is 0 Å². The van der Waals surface area contributed by atoms with Crippen molar-refractivity contribution >= 4 is 17.4 Å². The van der Waals surface area contributed by atoms with Crippen LogP contribution in [0.4, 0.5) is 5.69 Å². The van der Waals surface area contributed by atoms with E-state index in [1.165, 1.54) is 37.0 Å². The largest absolute Gasteiger partial charge is 0.469 e. The fraction of sp³-hybridized carbons (Fsp3) is 0.619. The van der Waals surface area contributed by atoms with Gasteiger partial charge < -0.3 is 14.7 Å². The molecule has 4 aliphatic rings. The van der Waals surface area contributed by atoms with Crippen molar-refractivity contribution in [2.45, 2.75) is 43.7 Å². The quantitative estimate of drug-likeness (QED) is 0.495. The summed E-state index contributed by atoms with van der Waals surface area (Å²) in [6.45, 7) is 2.36. The van der Waals surface area contributed by atoms with E-state index in [0.29, 0.717) is 23.8 Å². The zero-order valence-electron chi connectivity index (χ0n) is 15.3. The summed E-state index contributed by atoms with van der Waals surface area (Å²) in [6.07, 6.45) is 3.85. The van der Waals surface area contributed by atoms with Crippen molar-refractivity contribution in [1.82, 2.24) is 0 Å². The third-order valence-corrected chi connectivity index (χ3v) is 7.47. The fourth-order valence-electron chi connectivity index (χ4n) is 6.28. The molecule has 138 valence electrons. The smallest absolute Gasteiger partial charge is 0.317 e. The average molecular weight is 357 g/mol. The van der Waals surface area contributed by atoms with Crippen LogP contribution in [0.3, 0.4) is 0 Å². The highest BCUT2D eigenvalue weighted by Crippen LogP contribution is 2.41. The van der Waals surface area contributed by atoms with E-state index in [1.54, 1.807) is 4.90 Å². The van der Waals surface area contributed by atoms with Gasteiger partial charge in [0.05, 0.1) is 26.1 Å². The second-order valence-electron chi connectivity index (χ2n) is 8.57. The van der Waals surface area contributed by atoms with Gasteiger partial charge in [-0.2, -0.15) is 0 Å². The summed E-state index contributed by atoms with van der Waals surface area (Å²) < 4.78 is 5.09. The minimum Gasteiger partial charge on any atom is -0.469 e. The molecule has 0 spiro atoms. The Morgan fingerprint density at radius 2 is 2.12 bits per heavy atom. The molecule has 4 N–H and O–H groups in total. The number of nitrogens with one attached hydrogen (secondary N) is 2. The first-order chi connectivity index (χ1) is 12.7. The topological polar surface area (TPSA) is 67.6 Å². The lowest BCUT2D eigenvalue weighted by Crippen LogP contribution is -3.20. The van der Waals surface area contributed by atoms with Crippen LogP contribution in [0.25, 0.3) is 0 Å². The molecule has 0 aromatic heterocycles. The van der Waals surface area contributed by atoms with Gasteiger partial charge in [0.1, 0.15) is 5.92 Å². The third kappa shape index (κ3) is 2.37. The molecule has 1 aromatic rings. The molecular weight excluding hydrogens is 328 g/mol. The zero-order valence-corrected chi connectivity index (χ0v) is 15.3. The Morgan fingerprint density at radius 3 is 2.96 bits per heavy atom. The van der Waals surface area contributed by atoms with E-state index in [0.717, 1.165) is 25.8 Å². The van der Waals surface area contributed by atoms with Crippen LogP contribution in [0.2, 0.25) is 0 Å². The van der Waals surface area contributed by atoms with Crippen LogP contribution in [-0.2, 0) is 9.53 Å². The first-order valence-electron chi connectivity index (χ1n) is 10.0. The molecule has 3 heterocycles. The number of benzene rings is 1. The number of quaternary nitrogens is 1. The number of ether oxygens (including phenoxy) is 1. The lowest BCUT2D eigenvalue weighted by molar-refractivity contribution is -0.930. The lowest BCUT2D eigenvalue weighted by atomic mass is 9.64. The molecule has 1 aliphatic carbocycles. The summed E-state index contributed by atoms with van der Waals surface area (Å²) >= 11 is 0. The maximum atomic E-state index is 12.4. The lowest BCUT2D eigenvalue weighted by Gasteiger charge is -2.47. The average Bonchev–Trinajstić information content (AvgIpc) is 3.05. The molecule has 1 saturated carbocycles. The van der Waals surface area contributed by atoms with E-state index >= 15 is 0 Å². The summed E-state index contributed by atoms with van der Waals surface area (Å²) in [6, 6.07) is 9.14. The number of para-hydroxylation sites is 1. The number of carbonyl (C=O) groups excluding carboxylic acids is 1. The predicted octanol–water partition coefficient (Wildman–Crippen LogP) is -1.09. The summed E-state index contributed by atoms with van der Waals surface area (Å²) in [4.78, 5) is 17.8. The van der Waals surface area contributed by atoms with Gasteiger partial charge in [0, 0.05) is 36.8 Å². The van der Waals surface area contributed by atoms with Gasteiger partial charge in [-0.1, -0.05) is 18.2 Å². The fourth-order valence-corrected chi connectivity index (χ4v) is 6.28. The molecule has 0 amide bonds. The molecule has 2 saturated heterocycles. The molecule has 2 unspecified atom stereocenters. The molecule has 0 bridgehead atoms. The summed E-state index contributed by atoms with van der Waals surface area (Å²) in [5, 5.41) is 8.44. The summed E-state index contributed by atoms with van der Waals surface area (Å²) in [5.41, 5.74) is 4.17. The van der Waals surface area contributed by atoms with Crippen molar-refractivity contribution in [2.75, 3.05) is 20.2 Å². The number of hydrogen-bond acceptors (Lipinski definition) is 2.